The van der Waals surface area contributed by atoms with Gasteiger partial charge in [-0.1, -0.05) is 6.07 Å². The molecule has 0 spiro atoms. The maximum absolute atomic E-state index is 12.0. The lowest BCUT2D eigenvalue weighted by Crippen LogP contribution is -2.45. The van der Waals surface area contributed by atoms with Crippen LogP contribution in [0.15, 0.2) is 23.1 Å². The van der Waals surface area contributed by atoms with E-state index in [0.717, 1.165) is 6.07 Å². The van der Waals surface area contributed by atoms with Crippen LogP contribution in [0.1, 0.15) is 19.4 Å². The molecule has 0 amide bonds. The van der Waals surface area contributed by atoms with Crippen molar-refractivity contribution in [1.29, 1.82) is 0 Å². The molecule has 0 aliphatic rings. The Bertz CT molecular complexity index is 590. The zero-order valence-corrected chi connectivity index (χ0v) is 11.8. The summed E-state index contributed by atoms with van der Waals surface area (Å²) in [5.74, 6) is 0. The fraction of sp³-hybridized carbons (Fsp3) is 0.455. The Morgan fingerprint density at radius 3 is 2.47 bits per heavy atom. The Balaban J connectivity index is 3.09. The van der Waals surface area contributed by atoms with Crippen LogP contribution >= 0.6 is 0 Å². The maximum Gasteiger partial charge on any atom is 0.273 e. The predicted molar refractivity (Wildman–Crippen MR) is 71.3 cm³/mol. The average Bonchev–Trinajstić information content (AvgIpc) is 2.25. The first-order valence-electron chi connectivity index (χ1n) is 5.56. The molecular formula is C11H17N3O4S. The van der Waals surface area contributed by atoms with Gasteiger partial charge in [-0.2, -0.15) is 0 Å². The maximum atomic E-state index is 12.0. The van der Waals surface area contributed by atoms with Crippen LogP contribution in [-0.2, 0) is 10.0 Å². The number of rotatable bonds is 5. The van der Waals surface area contributed by atoms with Gasteiger partial charge in [0, 0.05) is 23.7 Å². The third kappa shape index (κ3) is 4.27. The van der Waals surface area contributed by atoms with Gasteiger partial charge in [0.05, 0.1) is 9.82 Å². The highest BCUT2D eigenvalue weighted by atomic mass is 32.2. The molecular weight excluding hydrogens is 270 g/mol. The number of nitro groups is 1. The molecule has 0 saturated heterocycles. The molecule has 0 heterocycles. The first-order valence-corrected chi connectivity index (χ1v) is 7.05. The quantitative estimate of drug-likeness (QED) is 0.617. The number of hydrogen-bond acceptors (Lipinski definition) is 5. The number of nitrogens with one attached hydrogen (secondary N) is 1. The molecule has 0 radical (unpaired) electrons. The minimum Gasteiger partial charge on any atom is -0.324 e. The summed E-state index contributed by atoms with van der Waals surface area (Å²) in [4.78, 5) is 10.0. The second kappa shape index (κ2) is 5.24. The van der Waals surface area contributed by atoms with Crippen LogP contribution in [0.3, 0.4) is 0 Å². The molecule has 0 aromatic heterocycles. The van der Waals surface area contributed by atoms with E-state index in [2.05, 4.69) is 4.72 Å². The normalized spacial score (nSPS) is 12.4. The van der Waals surface area contributed by atoms with Crippen LogP contribution in [0, 0.1) is 17.0 Å². The first kappa shape index (κ1) is 15.5. The molecule has 0 bridgehead atoms. The Labute approximate surface area is 112 Å². The lowest BCUT2D eigenvalue weighted by atomic mass is 10.1. The Morgan fingerprint density at radius 1 is 1.42 bits per heavy atom. The third-order valence-corrected chi connectivity index (χ3v) is 3.80. The number of nitrogens with zero attached hydrogens (tertiary/aromatic N) is 1. The van der Waals surface area contributed by atoms with Gasteiger partial charge in [0.25, 0.3) is 5.69 Å². The van der Waals surface area contributed by atoms with Gasteiger partial charge in [0.15, 0.2) is 0 Å². The molecule has 19 heavy (non-hydrogen) atoms. The summed E-state index contributed by atoms with van der Waals surface area (Å²) in [6.45, 7) is 4.93. The number of hydrogen-bond donors (Lipinski definition) is 2. The summed E-state index contributed by atoms with van der Waals surface area (Å²) < 4.78 is 26.3. The number of nitrogens with two attached hydrogens (primary N) is 1. The summed E-state index contributed by atoms with van der Waals surface area (Å²) in [5.41, 5.74) is 5.16. The molecule has 0 atom stereocenters. The summed E-state index contributed by atoms with van der Waals surface area (Å²) in [5, 5.41) is 10.8. The lowest BCUT2D eigenvalue weighted by Gasteiger charge is -2.18. The van der Waals surface area contributed by atoms with Crippen LogP contribution in [0.2, 0.25) is 0 Å². The molecule has 0 saturated carbocycles. The Kier molecular flexibility index (Phi) is 4.28. The average molecular weight is 287 g/mol. The molecule has 0 aliphatic carbocycles. The monoisotopic (exact) mass is 287 g/mol. The van der Waals surface area contributed by atoms with E-state index in [9.17, 15) is 18.5 Å². The highest BCUT2D eigenvalue weighted by molar-refractivity contribution is 7.89. The van der Waals surface area contributed by atoms with Crippen LogP contribution < -0.4 is 10.5 Å². The van der Waals surface area contributed by atoms with Crippen molar-refractivity contribution in [2.45, 2.75) is 31.2 Å². The van der Waals surface area contributed by atoms with E-state index in [1.807, 2.05) is 0 Å². The van der Waals surface area contributed by atoms with Crippen molar-refractivity contribution in [3.63, 3.8) is 0 Å². The van der Waals surface area contributed by atoms with E-state index in [-0.39, 0.29) is 17.1 Å². The summed E-state index contributed by atoms with van der Waals surface area (Å²) in [6.07, 6.45) is 0. The summed E-state index contributed by atoms with van der Waals surface area (Å²) in [7, 11) is -3.80. The second-order valence-corrected chi connectivity index (χ2v) is 6.79. The molecule has 7 nitrogen and oxygen atoms in total. The van der Waals surface area contributed by atoms with Gasteiger partial charge in [-0.3, -0.25) is 10.1 Å². The van der Waals surface area contributed by atoms with Gasteiger partial charge in [-0.05, 0) is 26.8 Å². The van der Waals surface area contributed by atoms with Crippen molar-refractivity contribution in [1.82, 2.24) is 4.72 Å². The van der Waals surface area contributed by atoms with Crippen molar-refractivity contribution < 1.29 is 13.3 Å². The molecule has 1 rings (SSSR count). The predicted octanol–water partition coefficient (Wildman–Crippen LogP) is 0.919. The van der Waals surface area contributed by atoms with E-state index < -0.39 is 20.5 Å². The molecule has 0 fully saturated rings. The molecule has 0 unspecified atom stereocenters. The zero-order chi connectivity index (χ0) is 14.8. The number of benzene rings is 1. The van der Waals surface area contributed by atoms with Crippen molar-refractivity contribution in [2.75, 3.05) is 6.54 Å². The van der Waals surface area contributed by atoms with Gasteiger partial charge >= 0.3 is 0 Å². The highest BCUT2D eigenvalue weighted by Crippen LogP contribution is 2.22. The van der Waals surface area contributed by atoms with Crippen LogP contribution in [0.5, 0.6) is 0 Å². The molecule has 1 aromatic rings. The Hall–Kier alpha value is -1.51. The van der Waals surface area contributed by atoms with E-state index in [4.69, 9.17) is 5.73 Å². The van der Waals surface area contributed by atoms with Gasteiger partial charge in [0.2, 0.25) is 10.0 Å². The van der Waals surface area contributed by atoms with Gasteiger partial charge < -0.3 is 5.73 Å². The van der Waals surface area contributed by atoms with E-state index in [0.29, 0.717) is 5.56 Å². The zero-order valence-electron chi connectivity index (χ0n) is 11.0. The number of aryl methyl sites for hydroxylation is 1. The number of nitro benzene ring substituents is 1. The SMILES string of the molecule is Cc1ccc(S(=O)(=O)NCC(C)(C)N)cc1[N+](=O)[O-]. The molecule has 8 heteroatoms. The molecule has 3 N–H and O–H groups in total. The first-order chi connectivity index (χ1) is 8.53. The Morgan fingerprint density at radius 2 is 2.00 bits per heavy atom. The summed E-state index contributed by atoms with van der Waals surface area (Å²) in [6, 6.07) is 3.77. The van der Waals surface area contributed by atoms with Crippen LogP contribution in [0.4, 0.5) is 5.69 Å². The fourth-order valence-electron chi connectivity index (χ4n) is 1.32. The van der Waals surface area contributed by atoms with Gasteiger partial charge in [-0.15, -0.1) is 0 Å². The third-order valence-electron chi connectivity index (χ3n) is 2.41. The van der Waals surface area contributed by atoms with E-state index >= 15 is 0 Å². The highest BCUT2D eigenvalue weighted by Gasteiger charge is 2.21. The standard InChI is InChI=1S/C11H17N3O4S/c1-8-4-5-9(6-10(8)14(15)16)19(17,18)13-7-11(2,3)12/h4-6,13H,7,12H2,1-3H3. The van der Waals surface area contributed by atoms with Crippen molar-refractivity contribution in [2.24, 2.45) is 5.73 Å². The van der Waals surface area contributed by atoms with E-state index in [1.54, 1.807) is 20.8 Å². The molecule has 0 aliphatic heterocycles. The van der Waals surface area contributed by atoms with Crippen molar-refractivity contribution in [3.8, 4) is 0 Å². The molecule has 106 valence electrons. The van der Waals surface area contributed by atoms with Crippen LogP contribution in [0.25, 0.3) is 0 Å². The van der Waals surface area contributed by atoms with Crippen molar-refractivity contribution in [3.05, 3.63) is 33.9 Å². The largest absolute Gasteiger partial charge is 0.324 e. The van der Waals surface area contributed by atoms with Gasteiger partial charge in [-0.25, -0.2) is 13.1 Å². The fourth-order valence-corrected chi connectivity index (χ4v) is 2.56. The van der Waals surface area contributed by atoms with Gasteiger partial charge in [0.1, 0.15) is 0 Å². The summed E-state index contributed by atoms with van der Waals surface area (Å²) >= 11 is 0. The number of sulfonamides is 1. The minimum atomic E-state index is -3.80. The van der Waals surface area contributed by atoms with E-state index in [1.165, 1.54) is 12.1 Å². The minimum absolute atomic E-state index is 0.0387. The van der Waals surface area contributed by atoms with Crippen LogP contribution in [-0.4, -0.2) is 25.4 Å². The van der Waals surface area contributed by atoms with Crippen molar-refractivity contribution >= 4 is 15.7 Å². The topological polar surface area (TPSA) is 115 Å². The lowest BCUT2D eigenvalue weighted by molar-refractivity contribution is -0.385. The second-order valence-electron chi connectivity index (χ2n) is 5.02. The molecule has 1 aromatic carbocycles. The smallest absolute Gasteiger partial charge is 0.273 e.